The second-order valence-corrected chi connectivity index (χ2v) is 7.92. The Morgan fingerprint density at radius 2 is 1.88 bits per heavy atom. The van der Waals surface area contributed by atoms with Gasteiger partial charge in [-0.3, -0.25) is 0 Å². The Labute approximate surface area is 155 Å². The van der Waals surface area contributed by atoms with Crippen molar-refractivity contribution < 1.29 is 10.2 Å². The first-order valence-corrected chi connectivity index (χ1v) is 9.27. The molecule has 3 rings (SSSR count). The average molecular weight is 355 g/mol. The lowest BCUT2D eigenvalue weighted by atomic mass is 9.79. The summed E-state index contributed by atoms with van der Waals surface area (Å²) in [5.41, 5.74) is 3.84. The summed E-state index contributed by atoms with van der Waals surface area (Å²) < 4.78 is 0. The van der Waals surface area contributed by atoms with Crippen LogP contribution in [0.3, 0.4) is 0 Å². The van der Waals surface area contributed by atoms with Crippen LogP contribution in [0.25, 0.3) is 11.3 Å². The van der Waals surface area contributed by atoms with Crippen LogP contribution in [0.5, 0.6) is 5.75 Å². The van der Waals surface area contributed by atoms with E-state index in [1.165, 1.54) is 0 Å². The normalized spacial score (nSPS) is 20.8. The molecular formula is C21H29N3O2. The van der Waals surface area contributed by atoms with Crippen molar-refractivity contribution in [3.63, 3.8) is 0 Å². The Morgan fingerprint density at radius 3 is 2.54 bits per heavy atom. The summed E-state index contributed by atoms with van der Waals surface area (Å²) in [6, 6.07) is 5.55. The standard InChI is InChI=1S/C21H29N3O2/c1-13-8-9-17(18(25)11-13)19-14(2)15(3)20(23-22-19)21(4,26)16-7-6-10-24(5)12-16/h8-9,11,16,25-26H,6-7,10,12H2,1-5H3. The molecule has 1 aliphatic rings. The Morgan fingerprint density at radius 1 is 1.15 bits per heavy atom. The Hall–Kier alpha value is -1.98. The monoisotopic (exact) mass is 355 g/mol. The molecule has 0 radical (unpaired) electrons. The molecule has 0 saturated carbocycles. The van der Waals surface area contributed by atoms with E-state index in [0.29, 0.717) is 17.0 Å². The second-order valence-electron chi connectivity index (χ2n) is 7.92. The highest BCUT2D eigenvalue weighted by atomic mass is 16.3. The van der Waals surface area contributed by atoms with E-state index < -0.39 is 5.60 Å². The number of piperidine rings is 1. The number of hydrogen-bond acceptors (Lipinski definition) is 5. The van der Waals surface area contributed by atoms with Gasteiger partial charge in [0.1, 0.15) is 11.4 Å². The summed E-state index contributed by atoms with van der Waals surface area (Å²) in [5.74, 6) is 0.336. The van der Waals surface area contributed by atoms with E-state index >= 15 is 0 Å². The van der Waals surface area contributed by atoms with Crippen LogP contribution in [0.4, 0.5) is 0 Å². The molecule has 26 heavy (non-hydrogen) atoms. The van der Waals surface area contributed by atoms with Crippen molar-refractivity contribution in [3.8, 4) is 17.0 Å². The SMILES string of the molecule is Cc1ccc(-c2nnc(C(C)(O)C3CCCN(C)C3)c(C)c2C)c(O)c1. The third kappa shape index (κ3) is 3.33. The molecule has 1 fully saturated rings. The van der Waals surface area contributed by atoms with Crippen LogP contribution in [0.15, 0.2) is 18.2 Å². The maximum absolute atomic E-state index is 11.3. The second kappa shape index (κ2) is 6.97. The number of nitrogens with zero attached hydrogens (tertiary/aromatic N) is 3. The number of benzene rings is 1. The highest BCUT2D eigenvalue weighted by Gasteiger charge is 2.39. The van der Waals surface area contributed by atoms with Gasteiger partial charge < -0.3 is 15.1 Å². The van der Waals surface area contributed by atoms with Gasteiger partial charge in [0.2, 0.25) is 0 Å². The molecule has 2 N–H and O–H groups in total. The predicted molar refractivity (Wildman–Crippen MR) is 103 cm³/mol. The van der Waals surface area contributed by atoms with Crippen LogP contribution in [-0.4, -0.2) is 45.4 Å². The molecule has 0 spiro atoms. The Balaban J connectivity index is 2.02. The molecule has 2 heterocycles. The van der Waals surface area contributed by atoms with Gasteiger partial charge in [-0.05, 0) is 83.0 Å². The molecule has 2 aromatic rings. The molecule has 1 saturated heterocycles. The van der Waals surface area contributed by atoms with Crippen molar-refractivity contribution in [2.45, 2.75) is 46.1 Å². The predicted octanol–water partition coefficient (Wildman–Crippen LogP) is 3.32. The van der Waals surface area contributed by atoms with Crippen molar-refractivity contribution in [1.29, 1.82) is 0 Å². The molecule has 1 aliphatic heterocycles. The molecule has 5 nitrogen and oxygen atoms in total. The zero-order valence-electron chi connectivity index (χ0n) is 16.4. The summed E-state index contributed by atoms with van der Waals surface area (Å²) in [6.07, 6.45) is 2.07. The summed E-state index contributed by atoms with van der Waals surface area (Å²) in [6.45, 7) is 9.68. The van der Waals surface area contributed by atoms with Gasteiger partial charge in [0, 0.05) is 18.0 Å². The number of aromatic hydroxyl groups is 1. The minimum Gasteiger partial charge on any atom is -0.507 e. The van der Waals surface area contributed by atoms with E-state index in [9.17, 15) is 10.2 Å². The van der Waals surface area contributed by atoms with Gasteiger partial charge in [0.15, 0.2) is 0 Å². The lowest BCUT2D eigenvalue weighted by molar-refractivity contribution is -0.0385. The first-order valence-electron chi connectivity index (χ1n) is 9.27. The quantitative estimate of drug-likeness (QED) is 0.884. The molecular weight excluding hydrogens is 326 g/mol. The molecule has 0 bridgehead atoms. The van der Waals surface area contributed by atoms with E-state index in [0.717, 1.165) is 42.6 Å². The van der Waals surface area contributed by atoms with Crippen LogP contribution in [0.1, 0.15) is 42.1 Å². The molecule has 1 aromatic heterocycles. The van der Waals surface area contributed by atoms with Crippen LogP contribution in [-0.2, 0) is 5.60 Å². The number of rotatable bonds is 3. The lowest BCUT2D eigenvalue weighted by Gasteiger charge is -2.39. The third-order valence-electron chi connectivity index (χ3n) is 5.83. The topological polar surface area (TPSA) is 69.5 Å². The molecule has 0 amide bonds. The fourth-order valence-electron chi connectivity index (χ4n) is 4.00. The molecule has 5 heteroatoms. The van der Waals surface area contributed by atoms with Crippen molar-refractivity contribution in [2.24, 2.45) is 5.92 Å². The van der Waals surface area contributed by atoms with E-state index in [-0.39, 0.29) is 11.7 Å². The summed E-state index contributed by atoms with van der Waals surface area (Å²) in [4.78, 5) is 2.26. The van der Waals surface area contributed by atoms with Crippen molar-refractivity contribution in [3.05, 3.63) is 40.6 Å². The Kier molecular flexibility index (Phi) is 5.04. The van der Waals surface area contributed by atoms with Crippen LogP contribution >= 0.6 is 0 Å². The van der Waals surface area contributed by atoms with Gasteiger partial charge in [-0.2, -0.15) is 5.10 Å². The number of likely N-dealkylation sites (tertiary alicyclic amines) is 1. The fraction of sp³-hybridized carbons (Fsp3) is 0.524. The molecule has 2 atom stereocenters. The van der Waals surface area contributed by atoms with E-state index in [1.807, 2.05) is 39.8 Å². The number of phenolic OH excluding ortho intramolecular Hbond substituents is 1. The average Bonchev–Trinajstić information content (AvgIpc) is 2.58. The third-order valence-corrected chi connectivity index (χ3v) is 5.83. The minimum atomic E-state index is -1.02. The highest BCUT2D eigenvalue weighted by Crippen LogP contribution is 2.38. The summed E-state index contributed by atoms with van der Waals surface area (Å²) in [5, 5.41) is 30.4. The zero-order chi connectivity index (χ0) is 19.1. The maximum Gasteiger partial charge on any atom is 0.125 e. The summed E-state index contributed by atoms with van der Waals surface area (Å²) >= 11 is 0. The van der Waals surface area contributed by atoms with Crippen LogP contribution < -0.4 is 0 Å². The molecule has 140 valence electrons. The first-order chi connectivity index (χ1) is 12.2. The largest absolute Gasteiger partial charge is 0.507 e. The molecule has 0 aliphatic carbocycles. The first kappa shape index (κ1) is 18.8. The van der Waals surface area contributed by atoms with Gasteiger partial charge in [-0.15, -0.1) is 5.10 Å². The molecule has 2 unspecified atom stereocenters. The number of aryl methyl sites for hydroxylation is 1. The van der Waals surface area contributed by atoms with Crippen LogP contribution in [0.2, 0.25) is 0 Å². The summed E-state index contributed by atoms with van der Waals surface area (Å²) in [7, 11) is 2.09. The van der Waals surface area contributed by atoms with Crippen molar-refractivity contribution >= 4 is 0 Å². The molecule has 1 aromatic carbocycles. The number of hydrogen-bond donors (Lipinski definition) is 2. The maximum atomic E-state index is 11.3. The number of aliphatic hydroxyl groups is 1. The van der Waals surface area contributed by atoms with Gasteiger partial charge >= 0.3 is 0 Å². The highest BCUT2D eigenvalue weighted by molar-refractivity contribution is 5.70. The van der Waals surface area contributed by atoms with Gasteiger partial charge in [-0.25, -0.2) is 0 Å². The van der Waals surface area contributed by atoms with Crippen LogP contribution in [0, 0.1) is 26.7 Å². The van der Waals surface area contributed by atoms with E-state index in [2.05, 4.69) is 22.1 Å². The minimum absolute atomic E-state index is 0.132. The zero-order valence-corrected chi connectivity index (χ0v) is 16.4. The van der Waals surface area contributed by atoms with Gasteiger partial charge in [0.25, 0.3) is 0 Å². The van der Waals surface area contributed by atoms with Gasteiger partial charge in [0.05, 0.1) is 11.4 Å². The van der Waals surface area contributed by atoms with E-state index in [4.69, 9.17) is 0 Å². The van der Waals surface area contributed by atoms with Gasteiger partial charge in [-0.1, -0.05) is 6.07 Å². The Bertz CT molecular complexity index is 817. The lowest BCUT2D eigenvalue weighted by Crippen LogP contribution is -2.44. The fourth-order valence-corrected chi connectivity index (χ4v) is 4.00. The smallest absolute Gasteiger partial charge is 0.125 e. The van der Waals surface area contributed by atoms with Crippen molar-refractivity contribution in [1.82, 2.24) is 15.1 Å². The van der Waals surface area contributed by atoms with E-state index in [1.54, 1.807) is 6.07 Å². The number of phenols is 1. The van der Waals surface area contributed by atoms with Crippen molar-refractivity contribution in [2.75, 3.05) is 20.1 Å². The number of aromatic nitrogens is 2.